The number of benzene rings is 1. The Kier molecular flexibility index (Phi) is 5.01. The summed E-state index contributed by atoms with van der Waals surface area (Å²) < 4.78 is 6.95. The molecular formula is C14H20BrNO. The van der Waals surface area contributed by atoms with Gasteiger partial charge in [0.2, 0.25) is 0 Å². The molecule has 0 aliphatic carbocycles. The van der Waals surface area contributed by atoms with Gasteiger partial charge in [0, 0.05) is 11.1 Å². The van der Waals surface area contributed by atoms with E-state index in [2.05, 4.69) is 52.4 Å². The van der Waals surface area contributed by atoms with E-state index in [0.717, 1.165) is 30.5 Å². The first-order valence-corrected chi connectivity index (χ1v) is 7.21. The van der Waals surface area contributed by atoms with Gasteiger partial charge in [-0.25, -0.2) is 0 Å². The molecule has 17 heavy (non-hydrogen) atoms. The molecule has 0 radical (unpaired) electrons. The van der Waals surface area contributed by atoms with Crippen molar-refractivity contribution in [1.82, 2.24) is 5.32 Å². The Balaban J connectivity index is 2.10. The van der Waals surface area contributed by atoms with Crippen molar-refractivity contribution < 1.29 is 4.74 Å². The monoisotopic (exact) mass is 297 g/mol. The van der Waals surface area contributed by atoms with Gasteiger partial charge in [-0.15, -0.1) is 0 Å². The molecule has 2 nitrogen and oxygen atoms in total. The lowest BCUT2D eigenvalue weighted by Crippen LogP contribution is -2.32. The van der Waals surface area contributed by atoms with Crippen molar-refractivity contribution in [1.29, 1.82) is 0 Å². The van der Waals surface area contributed by atoms with E-state index in [0.29, 0.717) is 12.1 Å². The molecule has 1 aliphatic rings. The third-order valence-corrected chi connectivity index (χ3v) is 3.71. The summed E-state index contributed by atoms with van der Waals surface area (Å²) in [6.45, 7) is 4.15. The molecule has 2 unspecified atom stereocenters. The topological polar surface area (TPSA) is 21.3 Å². The number of nitrogens with one attached hydrogen (secondary N) is 1. The number of rotatable bonds is 5. The molecule has 1 N–H and O–H groups in total. The number of halogens is 1. The highest BCUT2D eigenvalue weighted by Gasteiger charge is 2.26. The lowest BCUT2D eigenvalue weighted by molar-refractivity contribution is 0.0783. The average Bonchev–Trinajstić information content (AvgIpc) is 2.85. The Morgan fingerprint density at radius 1 is 1.41 bits per heavy atom. The Hall–Kier alpha value is -0.380. The van der Waals surface area contributed by atoms with E-state index in [1.165, 1.54) is 12.0 Å². The van der Waals surface area contributed by atoms with Crippen molar-refractivity contribution in [3.8, 4) is 0 Å². The molecule has 0 saturated carbocycles. The number of ether oxygens (including phenoxy) is 1. The van der Waals surface area contributed by atoms with Crippen LogP contribution in [0.3, 0.4) is 0 Å². The molecule has 1 fully saturated rings. The van der Waals surface area contributed by atoms with Crippen LogP contribution in [0.2, 0.25) is 0 Å². The lowest BCUT2D eigenvalue weighted by Gasteiger charge is -2.24. The van der Waals surface area contributed by atoms with Gasteiger partial charge in [-0.05, 0) is 43.5 Å². The zero-order valence-corrected chi connectivity index (χ0v) is 11.9. The molecule has 1 aromatic rings. The van der Waals surface area contributed by atoms with Crippen LogP contribution in [-0.2, 0) is 4.74 Å². The standard InChI is InChI=1S/C14H20BrNO/c1-2-9-16-14(13-4-3-10-17-13)11-5-7-12(15)8-6-11/h5-8,13-14,16H,2-4,9-10H2,1H3. The van der Waals surface area contributed by atoms with Gasteiger partial charge in [0.15, 0.2) is 0 Å². The molecule has 1 aliphatic heterocycles. The molecule has 1 aromatic carbocycles. The first-order valence-electron chi connectivity index (χ1n) is 6.41. The fourth-order valence-electron chi connectivity index (χ4n) is 2.30. The largest absolute Gasteiger partial charge is 0.376 e. The summed E-state index contributed by atoms with van der Waals surface area (Å²) in [6.07, 6.45) is 3.84. The Morgan fingerprint density at radius 3 is 2.76 bits per heavy atom. The maximum absolute atomic E-state index is 5.82. The predicted molar refractivity (Wildman–Crippen MR) is 74.2 cm³/mol. The normalized spacial score (nSPS) is 21.6. The molecule has 0 amide bonds. The minimum atomic E-state index is 0.336. The van der Waals surface area contributed by atoms with Gasteiger partial charge in [0.25, 0.3) is 0 Å². The van der Waals surface area contributed by atoms with E-state index in [9.17, 15) is 0 Å². The molecule has 1 saturated heterocycles. The molecule has 3 heteroatoms. The van der Waals surface area contributed by atoms with Crippen molar-refractivity contribution in [2.45, 2.75) is 38.3 Å². The van der Waals surface area contributed by atoms with E-state index in [1.807, 2.05) is 0 Å². The van der Waals surface area contributed by atoms with Gasteiger partial charge < -0.3 is 10.1 Å². The maximum Gasteiger partial charge on any atom is 0.0770 e. The first kappa shape index (κ1) is 13.1. The molecule has 2 rings (SSSR count). The van der Waals surface area contributed by atoms with Crippen LogP contribution in [0.15, 0.2) is 28.7 Å². The second-order valence-electron chi connectivity index (χ2n) is 4.53. The molecule has 2 atom stereocenters. The predicted octanol–water partition coefficient (Wildman–Crippen LogP) is 3.67. The van der Waals surface area contributed by atoms with Crippen LogP contribution in [0.25, 0.3) is 0 Å². The Morgan fingerprint density at radius 2 is 2.18 bits per heavy atom. The summed E-state index contributed by atoms with van der Waals surface area (Å²) in [5, 5.41) is 3.61. The highest BCUT2D eigenvalue weighted by atomic mass is 79.9. The average molecular weight is 298 g/mol. The van der Waals surface area contributed by atoms with Crippen LogP contribution in [0.4, 0.5) is 0 Å². The second-order valence-corrected chi connectivity index (χ2v) is 5.45. The van der Waals surface area contributed by atoms with Crippen LogP contribution in [0, 0.1) is 0 Å². The smallest absolute Gasteiger partial charge is 0.0770 e. The van der Waals surface area contributed by atoms with Gasteiger partial charge in [-0.2, -0.15) is 0 Å². The quantitative estimate of drug-likeness (QED) is 0.895. The molecule has 0 aromatic heterocycles. The van der Waals surface area contributed by atoms with Crippen molar-refractivity contribution in [3.05, 3.63) is 34.3 Å². The van der Waals surface area contributed by atoms with Crippen molar-refractivity contribution in [2.75, 3.05) is 13.2 Å². The zero-order chi connectivity index (χ0) is 12.1. The number of hydrogen-bond donors (Lipinski definition) is 1. The molecule has 1 heterocycles. The minimum Gasteiger partial charge on any atom is -0.376 e. The second kappa shape index (κ2) is 6.53. The molecule has 0 spiro atoms. The first-order chi connectivity index (χ1) is 8.31. The summed E-state index contributed by atoms with van der Waals surface area (Å²) in [6, 6.07) is 8.90. The van der Waals surface area contributed by atoms with Gasteiger partial charge in [-0.3, -0.25) is 0 Å². The van der Waals surface area contributed by atoms with Crippen molar-refractivity contribution in [2.24, 2.45) is 0 Å². The maximum atomic E-state index is 5.82. The molecule has 0 bridgehead atoms. The van der Waals surface area contributed by atoms with E-state index >= 15 is 0 Å². The van der Waals surface area contributed by atoms with Gasteiger partial charge in [-0.1, -0.05) is 35.0 Å². The Labute approximate surface area is 112 Å². The lowest BCUT2D eigenvalue weighted by atomic mass is 9.99. The molecular weight excluding hydrogens is 278 g/mol. The van der Waals surface area contributed by atoms with E-state index in [1.54, 1.807) is 0 Å². The van der Waals surface area contributed by atoms with Crippen LogP contribution in [-0.4, -0.2) is 19.3 Å². The van der Waals surface area contributed by atoms with Gasteiger partial charge >= 0.3 is 0 Å². The minimum absolute atomic E-state index is 0.336. The zero-order valence-electron chi connectivity index (χ0n) is 10.3. The summed E-state index contributed by atoms with van der Waals surface area (Å²) in [7, 11) is 0. The van der Waals surface area contributed by atoms with E-state index < -0.39 is 0 Å². The third kappa shape index (κ3) is 3.54. The van der Waals surface area contributed by atoms with Crippen LogP contribution in [0.1, 0.15) is 37.8 Å². The van der Waals surface area contributed by atoms with Crippen molar-refractivity contribution >= 4 is 15.9 Å². The number of hydrogen-bond acceptors (Lipinski definition) is 2. The van der Waals surface area contributed by atoms with Crippen LogP contribution >= 0.6 is 15.9 Å². The summed E-state index contributed by atoms with van der Waals surface area (Å²) >= 11 is 3.48. The van der Waals surface area contributed by atoms with Gasteiger partial charge in [0.1, 0.15) is 0 Å². The van der Waals surface area contributed by atoms with E-state index in [-0.39, 0.29) is 0 Å². The summed E-state index contributed by atoms with van der Waals surface area (Å²) in [5.74, 6) is 0. The van der Waals surface area contributed by atoms with Gasteiger partial charge in [0.05, 0.1) is 12.1 Å². The molecule has 94 valence electrons. The summed E-state index contributed by atoms with van der Waals surface area (Å²) in [4.78, 5) is 0. The highest BCUT2D eigenvalue weighted by Crippen LogP contribution is 2.27. The fourth-order valence-corrected chi connectivity index (χ4v) is 2.56. The van der Waals surface area contributed by atoms with E-state index in [4.69, 9.17) is 4.74 Å². The summed E-state index contributed by atoms with van der Waals surface area (Å²) in [5.41, 5.74) is 1.33. The van der Waals surface area contributed by atoms with Crippen LogP contribution in [0.5, 0.6) is 0 Å². The van der Waals surface area contributed by atoms with Crippen molar-refractivity contribution in [3.63, 3.8) is 0 Å². The van der Waals surface area contributed by atoms with Crippen LogP contribution < -0.4 is 5.32 Å². The third-order valence-electron chi connectivity index (χ3n) is 3.18. The fraction of sp³-hybridized carbons (Fsp3) is 0.571. The Bertz CT molecular complexity index is 333. The highest BCUT2D eigenvalue weighted by molar-refractivity contribution is 9.10. The SMILES string of the molecule is CCCNC(c1ccc(Br)cc1)C1CCCO1.